The minimum atomic E-state index is -0.269. The molecule has 0 spiro atoms. The summed E-state index contributed by atoms with van der Waals surface area (Å²) >= 11 is 9.84. The van der Waals surface area contributed by atoms with Gasteiger partial charge in [0.25, 0.3) is 0 Å². The summed E-state index contributed by atoms with van der Waals surface area (Å²) in [5, 5.41) is 4.36. The van der Waals surface area contributed by atoms with E-state index in [0.717, 1.165) is 40.3 Å². The smallest absolute Gasteiger partial charge is 0.241 e. The fourth-order valence-electron chi connectivity index (χ4n) is 4.70. The van der Waals surface area contributed by atoms with Gasteiger partial charge >= 0.3 is 0 Å². The van der Waals surface area contributed by atoms with Crippen molar-refractivity contribution < 1.29 is 4.79 Å². The molecule has 0 radical (unpaired) electrons. The zero-order valence-electron chi connectivity index (χ0n) is 19.6. The van der Waals surface area contributed by atoms with E-state index in [0.29, 0.717) is 25.0 Å². The number of imidazole rings is 1. The van der Waals surface area contributed by atoms with Crippen LogP contribution in [-0.2, 0) is 10.3 Å². The lowest BCUT2D eigenvalue weighted by atomic mass is 9.99. The van der Waals surface area contributed by atoms with Gasteiger partial charge in [-0.3, -0.25) is 4.79 Å². The summed E-state index contributed by atoms with van der Waals surface area (Å²) in [7, 11) is 1.87. The van der Waals surface area contributed by atoms with E-state index in [1.165, 1.54) is 0 Å². The number of halogens is 2. The first-order valence-electron chi connectivity index (χ1n) is 11.6. The van der Waals surface area contributed by atoms with Crippen molar-refractivity contribution in [3.63, 3.8) is 0 Å². The largest absolute Gasteiger partial charge is 0.343 e. The summed E-state index contributed by atoms with van der Waals surface area (Å²) in [6, 6.07) is 2.23. The van der Waals surface area contributed by atoms with E-state index in [-0.39, 0.29) is 23.5 Å². The Kier molecular flexibility index (Phi) is 6.18. The first-order chi connectivity index (χ1) is 16.2. The Morgan fingerprint density at radius 3 is 2.79 bits per heavy atom. The van der Waals surface area contributed by atoms with Crippen molar-refractivity contribution in [1.82, 2.24) is 24.4 Å². The number of anilines is 2. The molecular weight excluding hydrogens is 518 g/mol. The van der Waals surface area contributed by atoms with Gasteiger partial charge in [0, 0.05) is 41.9 Å². The Balaban J connectivity index is 1.35. The molecule has 1 aliphatic heterocycles. The van der Waals surface area contributed by atoms with E-state index in [1.54, 1.807) is 11.1 Å². The molecule has 3 heterocycles. The number of piperazine rings is 1. The number of rotatable bonds is 6. The molecule has 1 saturated carbocycles. The van der Waals surface area contributed by atoms with E-state index in [1.807, 2.05) is 25.5 Å². The van der Waals surface area contributed by atoms with Crippen LogP contribution in [0.25, 0.3) is 0 Å². The molecule has 0 aromatic carbocycles. The third-order valence-corrected chi connectivity index (χ3v) is 7.68. The highest BCUT2D eigenvalue weighted by atomic mass is 79.9. The minimum absolute atomic E-state index is 0.104. The van der Waals surface area contributed by atoms with Gasteiger partial charge in [-0.05, 0) is 37.0 Å². The SMILES string of the molecule is CC(C)[C@H]1CN(C)C(=O)CN1c1ccnc(NC2(c3cn(C4C=C(Br)C=C(Cl)C4)cn3)CC2)n1. The van der Waals surface area contributed by atoms with Gasteiger partial charge < -0.3 is 19.7 Å². The number of carbonyl (C=O) groups excluding carboxylic acids is 1. The summed E-state index contributed by atoms with van der Waals surface area (Å²) in [5.74, 6) is 1.83. The van der Waals surface area contributed by atoms with Crippen LogP contribution in [0, 0.1) is 5.92 Å². The molecule has 2 fully saturated rings. The van der Waals surface area contributed by atoms with Crippen LogP contribution in [-0.4, -0.2) is 56.5 Å². The van der Waals surface area contributed by atoms with Crippen molar-refractivity contribution >= 4 is 45.2 Å². The predicted molar refractivity (Wildman–Crippen MR) is 137 cm³/mol. The number of hydrogen-bond donors (Lipinski definition) is 1. The minimum Gasteiger partial charge on any atom is -0.343 e. The number of amides is 1. The highest BCUT2D eigenvalue weighted by Crippen LogP contribution is 2.47. The number of carbonyl (C=O) groups is 1. The molecule has 2 aromatic rings. The van der Waals surface area contributed by atoms with Crippen molar-refractivity contribution in [2.75, 3.05) is 30.4 Å². The number of aromatic nitrogens is 4. The average Bonchev–Trinajstić information content (AvgIpc) is 3.38. The summed E-state index contributed by atoms with van der Waals surface area (Å²) in [4.78, 5) is 30.4. The van der Waals surface area contributed by atoms with Crippen LogP contribution < -0.4 is 10.2 Å². The molecule has 8 nitrogen and oxygen atoms in total. The van der Waals surface area contributed by atoms with Crippen molar-refractivity contribution in [3.8, 4) is 0 Å². The number of allylic oxidation sites excluding steroid dienone is 4. The van der Waals surface area contributed by atoms with Crippen LogP contribution in [0.3, 0.4) is 0 Å². The van der Waals surface area contributed by atoms with Crippen molar-refractivity contribution in [2.45, 2.75) is 50.7 Å². The Bertz CT molecular complexity index is 1160. The molecule has 2 aromatic heterocycles. The average molecular weight is 547 g/mol. The second kappa shape index (κ2) is 9.00. The molecule has 1 amide bonds. The van der Waals surface area contributed by atoms with Gasteiger partial charge in [-0.25, -0.2) is 9.97 Å². The molecule has 2 atom stereocenters. The third-order valence-electron chi connectivity index (χ3n) is 6.92. The lowest BCUT2D eigenvalue weighted by molar-refractivity contribution is -0.130. The van der Waals surface area contributed by atoms with E-state index >= 15 is 0 Å². The lowest BCUT2D eigenvalue weighted by Gasteiger charge is -2.42. The third kappa shape index (κ3) is 4.60. The maximum absolute atomic E-state index is 12.4. The normalized spacial score (nSPS) is 24.2. The van der Waals surface area contributed by atoms with Gasteiger partial charge in [0.05, 0.1) is 36.2 Å². The molecule has 1 saturated heterocycles. The molecule has 180 valence electrons. The molecule has 3 aliphatic rings. The Morgan fingerprint density at radius 1 is 1.29 bits per heavy atom. The summed E-state index contributed by atoms with van der Waals surface area (Å²) in [6.07, 6.45) is 12.5. The Morgan fingerprint density at radius 2 is 2.09 bits per heavy atom. The number of nitrogens with one attached hydrogen (secondary N) is 1. The molecular formula is C24H29BrClN7O. The predicted octanol–water partition coefficient (Wildman–Crippen LogP) is 4.42. The van der Waals surface area contributed by atoms with Gasteiger partial charge in [-0.1, -0.05) is 41.4 Å². The second-order valence-corrected chi connectivity index (χ2v) is 11.2. The van der Waals surface area contributed by atoms with Crippen LogP contribution in [0.5, 0.6) is 0 Å². The van der Waals surface area contributed by atoms with Crippen molar-refractivity contribution in [3.05, 3.63) is 52.1 Å². The Labute approximate surface area is 213 Å². The van der Waals surface area contributed by atoms with Crippen LogP contribution in [0.1, 0.15) is 44.8 Å². The van der Waals surface area contributed by atoms with Crippen LogP contribution in [0.15, 0.2) is 46.5 Å². The maximum atomic E-state index is 12.4. The monoisotopic (exact) mass is 545 g/mol. The second-order valence-electron chi connectivity index (χ2n) is 9.78. The van der Waals surface area contributed by atoms with Crippen molar-refractivity contribution in [1.29, 1.82) is 0 Å². The molecule has 5 rings (SSSR count). The van der Waals surface area contributed by atoms with Gasteiger partial charge in [-0.2, -0.15) is 4.98 Å². The van der Waals surface area contributed by atoms with Gasteiger partial charge in [-0.15, -0.1) is 0 Å². The van der Waals surface area contributed by atoms with Gasteiger partial charge in [0.2, 0.25) is 11.9 Å². The Hall–Kier alpha value is -2.39. The van der Waals surface area contributed by atoms with Crippen molar-refractivity contribution in [2.24, 2.45) is 5.92 Å². The lowest BCUT2D eigenvalue weighted by Crippen LogP contribution is -2.57. The first kappa shape index (κ1) is 23.4. The van der Waals surface area contributed by atoms with Gasteiger partial charge in [0.15, 0.2) is 0 Å². The quantitative estimate of drug-likeness (QED) is 0.578. The van der Waals surface area contributed by atoms with E-state index in [2.05, 4.69) is 61.8 Å². The number of hydrogen-bond acceptors (Lipinski definition) is 6. The molecule has 2 aliphatic carbocycles. The topological polar surface area (TPSA) is 79.2 Å². The van der Waals surface area contributed by atoms with E-state index in [9.17, 15) is 4.79 Å². The highest BCUT2D eigenvalue weighted by molar-refractivity contribution is 9.11. The van der Waals surface area contributed by atoms with E-state index < -0.39 is 0 Å². The molecule has 10 heteroatoms. The summed E-state index contributed by atoms with van der Waals surface area (Å²) in [5.41, 5.74) is 0.709. The summed E-state index contributed by atoms with van der Waals surface area (Å²) < 4.78 is 3.09. The molecule has 34 heavy (non-hydrogen) atoms. The van der Waals surface area contributed by atoms with E-state index in [4.69, 9.17) is 21.6 Å². The fraction of sp³-hybridized carbons (Fsp3) is 0.500. The molecule has 1 N–H and O–H groups in total. The molecule has 0 bridgehead atoms. The fourth-order valence-corrected chi connectivity index (χ4v) is 5.68. The highest BCUT2D eigenvalue weighted by Gasteiger charge is 2.47. The zero-order valence-corrected chi connectivity index (χ0v) is 21.9. The van der Waals surface area contributed by atoms with Gasteiger partial charge in [0.1, 0.15) is 5.82 Å². The zero-order chi connectivity index (χ0) is 24.0. The van der Waals surface area contributed by atoms with Crippen LogP contribution in [0.4, 0.5) is 11.8 Å². The van der Waals surface area contributed by atoms with Crippen LogP contribution in [0.2, 0.25) is 0 Å². The first-order valence-corrected chi connectivity index (χ1v) is 12.8. The maximum Gasteiger partial charge on any atom is 0.241 e. The standard InChI is InChI=1S/C24H29BrClN7O/c1-15(2)19-11-31(3)22(34)13-33(19)21-4-7-27-23(29-21)30-24(5-6-24)20-12-32(14-28-20)18-9-16(25)8-17(26)10-18/h4,7-9,12,14-15,18-19H,5-6,10-11,13H2,1-3H3,(H,27,29,30)/t18?,19-/m1/s1. The summed E-state index contributed by atoms with van der Waals surface area (Å²) in [6.45, 7) is 5.38. The van der Waals surface area contributed by atoms with Crippen LogP contribution >= 0.6 is 27.5 Å². The number of likely N-dealkylation sites (N-methyl/N-ethyl adjacent to an activating group) is 1. The number of nitrogens with zero attached hydrogens (tertiary/aromatic N) is 6. The molecule has 1 unspecified atom stereocenters.